The lowest BCUT2D eigenvalue weighted by atomic mass is 9.75. The molecule has 0 aliphatic heterocycles. The molecule has 9 N–H and O–H groups in total. The van der Waals surface area contributed by atoms with Gasteiger partial charge in [0, 0.05) is 29.7 Å². The number of nitrogens with one attached hydrogen (secondary N) is 1. The lowest BCUT2D eigenvalue weighted by Crippen LogP contribution is -2.44. The second-order valence-corrected chi connectivity index (χ2v) is 12.4. The number of carbonyl (C=O) groups is 4. The highest BCUT2D eigenvalue weighted by molar-refractivity contribution is 7.99. The van der Waals surface area contributed by atoms with Crippen LogP contribution in [0.25, 0.3) is 0 Å². The van der Waals surface area contributed by atoms with Gasteiger partial charge in [-0.1, -0.05) is 38.8 Å². The number of rotatable bonds is 11. The molecule has 13 nitrogen and oxygen atoms in total. The third kappa shape index (κ3) is 11.2. The highest BCUT2D eigenvalue weighted by Crippen LogP contribution is 2.47. The van der Waals surface area contributed by atoms with Gasteiger partial charge in [-0.05, 0) is 45.6 Å². The molecule has 2 aliphatic rings. The highest BCUT2D eigenvalue weighted by Gasteiger charge is 2.41. The van der Waals surface area contributed by atoms with E-state index in [4.69, 9.17) is 26.0 Å². The monoisotopic (exact) mass is 707 g/mol. The minimum Gasteiger partial charge on any atom is -0.507 e. The molecule has 0 spiro atoms. The Labute approximate surface area is 292 Å². The van der Waals surface area contributed by atoms with Crippen LogP contribution in [0.1, 0.15) is 83.0 Å². The molecule has 2 aliphatic carbocycles. The van der Waals surface area contributed by atoms with E-state index in [-0.39, 0.29) is 82.8 Å². The number of benzene rings is 2. The summed E-state index contributed by atoms with van der Waals surface area (Å²) in [5.74, 6) is -1.58. The first kappa shape index (κ1) is 43.5. The van der Waals surface area contributed by atoms with Gasteiger partial charge in [0.25, 0.3) is 0 Å². The number of carbonyl (C=O) groups excluding carboxylic acids is 4. The summed E-state index contributed by atoms with van der Waals surface area (Å²) in [5, 5.41) is 42.1. The van der Waals surface area contributed by atoms with Crippen molar-refractivity contribution in [2.45, 2.75) is 71.1 Å². The van der Waals surface area contributed by atoms with Gasteiger partial charge < -0.3 is 46.7 Å². The summed E-state index contributed by atoms with van der Waals surface area (Å²) >= 11 is 1.44. The van der Waals surface area contributed by atoms with Crippen LogP contribution in [-0.2, 0) is 27.2 Å². The number of aliphatic hydroxyl groups excluding tert-OH is 2. The number of phenols is 2. The molecular formula is C35H53N3O10S. The van der Waals surface area contributed by atoms with Crippen molar-refractivity contribution >= 4 is 35.0 Å². The Balaban J connectivity index is 0.000000493. The summed E-state index contributed by atoms with van der Waals surface area (Å²) in [6.45, 7) is 6.09. The summed E-state index contributed by atoms with van der Waals surface area (Å²) in [7, 11) is 4.56. The number of aromatic hydroxyl groups is 2. The Morgan fingerprint density at radius 2 is 1.63 bits per heavy atom. The van der Waals surface area contributed by atoms with Crippen molar-refractivity contribution in [3.63, 3.8) is 0 Å². The van der Waals surface area contributed by atoms with E-state index in [1.54, 1.807) is 26.1 Å². The Bertz CT molecular complexity index is 1420. The van der Waals surface area contributed by atoms with Gasteiger partial charge in [0.2, 0.25) is 11.7 Å². The Morgan fingerprint density at radius 1 is 1.04 bits per heavy atom. The van der Waals surface area contributed by atoms with E-state index in [0.717, 1.165) is 0 Å². The second-order valence-electron chi connectivity index (χ2n) is 11.6. The van der Waals surface area contributed by atoms with Gasteiger partial charge in [0.1, 0.15) is 23.0 Å². The molecule has 14 heteroatoms. The van der Waals surface area contributed by atoms with Gasteiger partial charge in [-0.3, -0.25) is 19.2 Å². The van der Waals surface area contributed by atoms with Gasteiger partial charge in [0.05, 0.1) is 61.0 Å². The number of primary amides is 1. The molecule has 0 radical (unpaired) electrons. The number of hydrogen-bond donors (Lipinski definition) is 7. The van der Waals surface area contributed by atoms with Crippen LogP contribution in [0.5, 0.6) is 17.2 Å². The largest absolute Gasteiger partial charge is 0.507 e. The van der Waals surface area contributed by atoms with Gasteiger partial charge in [0.15, 0.2) is 5.78 Å². The van der Waals surface area contributed by atoms with Crippen LogP contribution in [0.15, 0.2) is 18.2 Å². The number of likely N-dealkylation sites (N-methyl/N-ethyl adjacent to an activating group) is 1. The average Bonchev–Trinajstić information content (AvgIpc) is 3.11. The second kappa shape index (κ2) is 21.5. The van der Waals surface area contributed by atoms with E-state index in [0.29, 0.717) is 29.7 Å². The van der Waals surface area contributed by atoms with E-state index >= 15 is 0 Å². The zero-order chi connectivity index (χ0) is 37.4. The number of aliphatic hydroxyl groups is 2. The Kier molecular flexibility index (Phi) is 19.1. The van der Waals surface area contributed by atoms with Crippen molar-refractivity contribution in [3.05, 3.63) is 51.6 Å². The fourth-order valence-corrected chi connectivity index (χ4v) is 5.63. The van der Waals surface area contributed by atoms with E-state index in [2.05, 4.69) is 19.2 Å². The first-order valence-electron chi connectivity index (χ1n) is 16.1. The van der Waals surface area contributed by atoms with E-state index < -0.39 is 23.7 Å². The van der Waals surface area contributed by atoms with Crippen LogP contribution in [0.4, 0.5) is 0 Å². The Hall–Kier alpha value is -3.53. The molecule has 274 valence electrons. The molecule has 0 saturated carbocycles. The first-order valence-corrected chi connectivity index (χ1v) is 17.5. The number of phenolic OH excluding ortho intramolecular Hbond substituents is 2. The zero-order valence-corrected chi connectivity index (χ0v) is 30.3. The van der Waals surface area contributed by atoms with Crippen LogP contribution < -0.4 is 21.5 Å². The molecule has 0 saturated heterocycles. The van der Waals surface area contributed by atoms with Crippen LogP contribution in [0.2, 0.25) is 0 Å². The summed E-state index contributed by atoms with van der Waals surface area (Å²) in [4.78, 5) is 48.4. The maximum atomic E-state index is 13.2. The van der Waals surface area contributed by atoms with Crippen LogP contribution in [-0.4, -0.2) is 108 Å². The minimum atomic E-state index is -0.796. The average molecular weight is 708 g/mol. The third-order valence-electron chi connectivity index (χ3n) is 8.12. The van der Waals surface area contributed by atoms with Crippen molar-refractivity contribution in [1.29, 1.82) is 0 Å². The highest BCUT2D eigenvalue weighted by atomic mass is 32.2. The molecule has 0 heterocycles. The number of methoxy groups -OCH3 is 2. The summed E-state index contributed by atoms with van der Waals surface area (Å²) in [6, 6.07) is 4.06. The molecule has 2 aromatic rings. The predicted molar refractivity (Wildman–Crippen MR) is 190 cm³/mol. The number of unbranched alkanes of at least 4 members (excludes halogenated alkanes) is 1. The number of Topliss-reactive ketones (excluding diaryl/α,β-unsaturated/α-hetero) is 1. The van der Waals surface area contributed by atoms with Crippen LogP contribution >= 0.6 is 11.8 Å². The number of amides is 1. The van der Waals surface area contributed by atoms with E-state index in [1.807, 2.05) is 6.26 Å². The number of ether oxygens (including phenoxy) is 2. The van der Waals surface area contributed by atoms with Crippen molar-refractivity contribution in [1.82, 2.24) is 5.32 Å². The molecule has 0 fully saturated rings. The van der Waals surface area contributed by atoms with Crippen molar-refractivity contribution in [3.8, 4) is 17.2 Å². The maximum absolute atomic E-state index is 13.2. The Morgan fingerprint density at radius 3 is 2.10 bits per heavy atom. The van der Waals surface area contributed by atoms with Gasteiger partial charge in [-0.2, -0.15) is 11.8 Å². The number of fused-ring (bicyclic) bond motifs is 3. The number of hydrogen-bond acceptors (Lipinski definition) is 13. The molecule has 2 aromatic carbocycles. The molecule has 0 bridgehead atoms. The third-order valence-corrected chi connectivity index (χ3v) is 8.69. The van der Waals surface area contributed by atoms with Crippen molar-refractivity contribution in [2.75, 3.05) is 46.4 Å². The number of ketones is 3. The van der Waals surface area contributed by atoms with E-state index in [1.165, 1.54) is 44.9 Å². The predicted octanol–water partition coefficient (Wildman–Crippen LogP) is 2.12. The standard InChI is InChI=1S/C22H20O6S.C6H15NO3.C4H10.C3H8N2O/c1-28-15-5-3-4-12-16(15)22(27)18-17(20(12)25)21(26)13-8-10(14(23)9-29-2)6-7-11(13)19(18)24;1-4(10-2)6(9)5(7)3-8;1-3-4-2;1-5-2-3(4)6/h3-5,10,24,26H,6-9H2,1-2H3;4-6,8-9H,3,7H2,1-2H3;3-4H2,1-2H3;5H,2H2,1H3,(H2,4,6)/t10-;;;/m0.../s1. The van der Waals surface area contributed by atoms with E-state index in [9.17, 15) is 34.5 Å². The topological polar surface area (TPSA) is 232 Å². The quantitative estimate of drug-likeness (QED) is 0.142. The summed E-state index contributed by atoms with van der Waals surface area (Å²) in [6.07, 6.45) is 4.49. The lowest BCUT2D eigenvalue weighted by molar-refractivity contribution is -0.120. The fraction of sp³-hybridized carbons (Fsp3) is 0.543. The normalized spacial score (nSPS) is 16.0. The molecule has 4 atom stereocenters. The smallest absolute Gasteiger partial charge is 0.231 e. The zero-order valence-electron chi connectivity index (χ0n) is 29.5. The molecule has 3 unspecified atom stereocenters. The van der Waals surface area contributed by atoms with Crippen LogP contribution in [0, 0.1) is 5.92 Å². The van der Waals surface area contributed by atoms with Gasteiger partial charge >= 0.3 is 0 Å². The summed E-state index contributed by atoms with van der Waals surface area (Å²) in [5.41, 5.74) is 10.7. The van der Waals surface area contributed by atoms with Crippen LogP contribution in [0.3, 0.4) is 0 Å². The SMILES string of the molecule is CCCC.CNCC(N)=O.COC(C)C(O)C(N)CO.COc1cccc2c1C(=O)c1c(O)c3c(c(O)c1C2=O)C[C@@H](C(=O)CSC)CC3. The molecule has 1 amide bonds. The molecule has 49 heavy (non-hydrogen) atoms. The lowest BCUT2D eigenvalue weighted by Gasteiger charge is -2.29. The minimum absolute atomic E-state index is 0.0808. The van der Waals surface area contributed by atoms with Crippen molar-refractivity contribution < 1.29 is 49.1 Å². The summed E-state index contributed by atoms with van der Waals surface area (Å²) < 4.78 is 10.0. The molecule has 4 rings (SSSR count). The van der Waals surface area contributed by atoms with Crippen molar-refractivity contribution in [2.24, 2.45) is 17.4 Å². The van der Waals surface area contributed by atoms with Gasteiger partial charge in [-0.15, -0.1) is 0 Å². The number of nitrogens with two attached hydrogens (primary N) is 2. The maximum Gasteiger partial charge on any atom is 0.231 e. The first-order chi connectivity index (χ1) is 23.2. The molecule has 0 aromatic heterocycles. The van der Waals surface area contributed by atoms with Gasteiger partial charge in [-0.25, -0.2) is 0 Å². The molecular weight excluding hydrogens is 654 g/mol. The fourth-order valence-electron chi connectivity index (χ4n) is 5.11. The number of thioether (sulfide) groups is 1.